The monoisotopic (exact) mass is 317 g/mol. The maximum atomic E-state index is 11.6. The average Bonchev–Trinajstić information content (AvgIpc) is 2.43. The molecule has 0 heterocycles. The molecule has 0 fully saturated rings. The first-order valence-corrected chi connectivity index (χ1v) is 7.29. The summed E-state index contributed by atoms with van der Waals surface area (Å²) in [5.74, 6) is 0.0368. The van der Waals surface area contributed by atoms with E-state index in [9.17, 15) is 14.9 Å². The minimum absolute atomic E-state index is 0.0617. The van der Waals surface area contributed by atoms with E-state index in [1.54, 1.807) is 12.1 Å². The fraction of sp³-hybridized carbons (Fsp3) is 0.500. The Morgan fingerprint density at radius 3 is 2.25 bits per heavy atom. The highest BCUT2D eigenvalue weighted by Gasteiger charge is 2.23. The van der Waals surface area contributed by atoms with Crippen molar-refractivity contribution < 1.29 is 9.72 Å². The number of non-ortho nitro benzene ring substituents is 1. The van der Waals surface area contributed by atoms with E-state index in [0.717, 1.165) is 12.0 Å². The summed E-state index contributed by atoms with van der Waals surface area (Å²) < 4.78 is 0. The summed E-state index contributed by atoms with van der Waals surface area (Å²) in [6.07, 6.45) is 1.12. The summed E-state index contributed by atoms with van der Waals surface area (Å²) in [6.45, 7) is 4.00. The van der Waals surface area contributed by atoms with Crippen LogP contribution in [0.2, 0.25) is 0 Å². The van der Waals surface area contributed by atoms with Gasteiger partial charge in [0.05, 0.1) is 4.92 Å². The number of alkyl halides is 2. The van der Waals surface area contributed by atoms with E-state index < -0.39 is 9.76 Å². The van der Waals surface area contributed by atoms with Crippen LogP contribution in [0.15, 0.2) is 24.3 Å². The van der Waals surface area contributed by atoms with Crippen LogP contribution in [0.25, 0.3) is 0 Å². The van der Waals surface area contributed by atoms with Gasteiger partial charge in [0.1, 0.15) is 0 Å². The van der Waals surface area contributed by atoms with Crippen molar-refractivity contribution in [2.75, 3.05) is 0 Å². The standard InChI is InChI=1S/C14H17Cl2NO3/c1-3-10(8-13(18)14(15)16)9(2)11-4-6-12(7-5-11)17(19)20/h4-7,9-10,14H,3,8H2,1-2H3/t9?,10-/m0/s1. The number of ketones is 1. The van der Waals surface area contributed by atoms with Crippen molar-refractivity contribution in [3.63, 3.8) is 0 Å². The van der Waals surface area contributed by atoms with Gasteiger partial charge in [-0.2, -0.15) is 0 Å². The maximum absolute atomic E-state index is 11.6. The van der Waals surface area contributed by atoms with Gasteiger partial charge in [-0.25, -0.2) is 0 Å². The molecule has 0 aromatic heterocycles. The molecule has 0 bridgehead atoms. The van der Waals surface area contributed by atoms with E-state index in [-0.39, 0.29) is 23.3 Å². The molecule has 20 heavy (non-hydrogen) atoms. The highest BCUT2D eigenvalue weighted by Crippen LogP contribution is 2.31. The van der Waals surface area contributed by atoms with Crippen LogP contribution in [-0.2, 0) is 4.79 Å². The summed E-state index contributed by atoms with van der Waals surface area (Å²) in [4.78, 5) is 20.8. The van der Waals surface area contributed by atoms with Crippen molar-refractivity contribution in [1.29, 1.82) is 0 Å². The Morgan fingerprint density at radius 1 is 1.30 bits per heavy atom. The van der Waals surface area contributed by atoms with Gasteiger partial charge >= 0.3 is 0 Å². The molecule has 0 radical (unpaired) electrons. The third-order valence-corrected chi connectivity index (χ3v) is 4.05. The van der Waals surface area contributed by atoms with Gasteiger partial charge in [0.2, 0.25) is 0 Å². The smallest absolute Gasteiger partial charge is 0.269 e. The number of hydrogen-bond acceptors (Lipinski definition) is 3. The first kappa shape index (κ1) is 16.9. The van der Waals surface area contributed by atoms with E-state index in [2.05, 4.69) is 0 Å². The average molecular weight is 318 g/mol. The van der Waals surface area contributed by atoms with Crippen LogP contribution in [0.1, 0.15) is 38.2 Å². The quantitative estimate of drug-likeness (QED) is 0.423. The van der Waals surface area contributed by atoms with Gasteiger partial charge in [0.15, 0.2) is 10.6 Å². The third kappa shape index (κ3) is 4.46. The molecular weight excluding hydrogens is 301 g/mol. The topological polar surface area (TPSA) is 60.2 Å². The lowest BCUT2D eigenvalue weighted by Crippen LogP contribution is -2.18. The summed E-state index contributed by atoms with van der Waals surface area (Å²) in [5.41, 5.74) is 1.03. The number of halogens is 2. The van der Waals surface area contributed by atoms with Crippen molar-refractivity contribution >= 4 is 34.7 Å². The molecular formula is C14H17Cl2NO3. The van der Waals surface area contributed by atoms with Crippen molar-refractivity contribution in [2.24, 2.45) is 5.92 Å². The van der Waals surface area contributed by atoms with Gasteiger partial charge in [-0.05, 0) is 17.4 Å². The predicted octanol–water partition coefficient (Wildman–Crippen LogP) is 4.49. The van der Waals surface area contributed by atoms with E-state index in [0.29, 0.717) is 6.42 Å². The Hall–Kier alpha value is -1.13. The van der Waals surface area contributed by atoms with Gasteiger partial charge in [0.25, 0.3) is 5.69 Å². The second-order valence-electron chi connectivity index (χ2n) is 4.78. The fourth-order valence-corrected chi connectivity index (χ4v) is 2.37. The second kappa shape index (κ2) is 7.60. The van der Waals surface area contributed by atoms with Gasteiger partial charge in [0, 0.05) is 18.6 Å². The number of hydrogen-bond donors (Lipinski definition) is 0. The molecule has 0 saturated carbocycles. The summed E-state index contributed by atoms with van der Waals surface area (Å²) in [6, 6.07) is 6.42. The van der Waals surface area contributed by atoms with Crippen molar-refractivity contribution in [3.8, 4) is 0 Å². The van der Waals surface area contributed by atoms with Crippen LogP contribution in [0, 0.1) is 16.0 Å². The molecule has 0 amide bonds. The Bertz CT molecular complexity index is 474. The molecule has 0 spiro atoms. The van der Waals surface area contributed by atoms with Gasteiger partial charge < -0.3 is 0 Å². The van der Waals surface area contributed by atoms with Gasteiger partial charge in [-0.15, -0.1) is 0 Å². The number of Topliss-reactive ketones (excluding diaryl/α,β-unsaturated/α-hetero) is 1. The van der Waals surface area contributed by atoms with E-state index in [4.69, 9.17) is 23.2 Å². The molecule has 1 unspecified atom stereocenters. The minimum atomic E-state index is -0.992. The number of rotatable bonds is 7. The molecule has 0 aliphatic rings. The van der Waals surface area contributed by atoms with Gasteiger partial charge in [-0.1, -0.05) is 55.6 Å². The Morgan fingerprint density at radius 2 is 1.85 bits per heavy atom. The van der Waals surface area contributed by atoms with Crippen LogP contribution < -0.4 is 0 Å². The molecule has 0 aliphatic carbocycles. The van der Waals surface area contributed by atoms with Crippen LogP contribution in [0.5, 0.6) is 0 Å². The number of benzene rings is 1. The van der Waals surface area contributed by atoms with Crippen molar-refractivity contribution in [3.05, 3.63) is 39.9 Å². The normalized spacial score (nSPS) is 14.1. The van der Waals surface area contributed by atoms with Crippen LogP contribution >= 0.6 is 23.2 Å². The summed E-state index contributed by atoms with van der Waals surface area (Å²) in [7, 11) is 0. The molecule has 4 nitrogen and oxygen atoms in total. The molecule has 0 saturated heterocycles. The van der Waals surface area contributed by atoms with E-state index in [1.807, 2.05) is 13.8 Å². The summed E-state index contributed by atoms with van der Waals surface area (Å²) in [5, 5.41) is 10.6. The van der Waals surface area contributed by atoms with Crippen LogP contribution in [0.3, 0.4) is 0 Å². The predicted molar refractivity (Wildman–Crippen MR) is 80.4 cm³/mol. The molecule has 0 N–H and O–H groups in total. The number of nitro benzene ring substituents is 1. The lowest BCUT2D eigenvalue weighted by atomic mass is 9.83. The maximum Gasteiger partial charge on any atom is 0.269 e. The van der Waals surface area contributed by atoms with Crippen LogP contribution in [-0.4, -0.2) is 15.5 Å². The first-order chi connectivity index (χ1) is 9.36. The highest BCUT2D eigenvalue weighted by molar-refractivity contribution is 6.53. The zero-order chi connectivity index (χ0) is 15.3. The SMILES string of the molecule is CC[C@@H](CC(=O)C(Cl)Cl)C(C)c1ccc([N+](=O)[O-])cc1. The molecule has 1 rings (SSSR count). The second-order valence-corrected chi connectivity index (χ2v) is 5.87. The minimum Gasteiger partial charge on any atom is -0.297 e. The number of carbonyl (C=O) groups excluding carboxylic acids is 1. The lowest BCUT2D eigenvalue weighted by Gasteiger charge is -2.22. The Balaban J connectivity index is 2.82. The van der Waals surface area contributed by atoms with Gasteiger partial charge in [-0.3, -0.25) is 14.9 Å². The fourth-order valence-electron chi connectivity index (χ4n) is 2.19. The molecule has 1 aromatic rings. The molecule has 2 atom stereocenters. The number of carbonyl (C=O) groups is 1. The van der Waals surface area contributed by atoms with E-state index in [1.165, 1.54) is 12.1 Å². The van der Waals surface area contributed by atoms with Crippen molar-refractivity contribution in [2.45, 2.75) is 37.4 Å². The first-order valence-electron chi connectivity index (χ1n) is 6.42. The van der Waals surface area contributed by atoms with E-state index >= 15 is 0 Å². The van der Waals surface area contributed by atoms with Crippen LogP contribution in [0.4, 0.5) is 5.69 Å². The largest absolute Gasteiger partial charge is 0.297 e. The molecule has 110 valence electrons. The Kier molecular flexibility index (Phi) is 6.43. The zero-order valence-electron chi connectivity index (χ0n) is 11.4. The number of nitrogens with zero attached hydrogens (tertiary/aromatic N) is 1. The number of nitro groups is 1. The lowest BCUT2D eigenvalue weighted by molar-refractivity contribution is -0.384. The molecule has 1 aromatic carbocycles. The van der Waals surface area contributed by atoms with Crippen molar-refractivity contribution in [1.82, 2.24) is 0 Å². The molecule has 6 heteroatoms. The highest BCUT2D eigenvalue weighted by atomic mass is 35.5. The summed E-state index contributed by atoms with van der Waals surface area (Å²) >= 11 is 11.2. The third-order valence-electron chi connectivity index (χ3n) is 3.57. The zero-order valence-corrected chi connectivity index (χ0v) is 12.9. The Labute approximate surface area is 128 Å². The molecule has 0 aliphatic heterocycles.